The molecule has 1 fully saturated rings. The van der Waals surface area contributed by atoms with Gasteiger partial charge in [0.2, 0.25) is 5.95 Å². The lowest BCUT2D eigenvalue weighted by molar-refractivity contribution is -0.137. The summed E-state index contributed by atoms with van der Waals surface area (Å²) in [6.07, 6.45) is -1.58. The van der Waals surface area contributed by atoms with Crippen molar-refractivity contribution in [2.45, 2.75) is 32.0 Å². The van der Waals surface area contributed by atoms with Crippen LogP contribution in [0.5, 0.6) is 6.01 Å². The first-order valence-corrected chi connectivity index (χ1v) is 9.21. The molecule has 0 atom stereocenters. The molecule has 0 bridgehead atoms. The van der Waals surface area contributed by atoms with E-state index in [1.54, 1.807) is 0 Å². The molecule has 0 unspecified atom stereocenters. The highest BCUT2D eigenvalue weighted by Crippen LogP contribution is 2.31. The fourth-order valence-corrected chi connectivity index (χ4v) is 2.95. The summed E-state index contributed by atoms with van der Waals surface area (Å²) in [5.74, 6) is -0.472. The normalized spacial score (nSPS) is 14.4. The molecular formula is C18H20F4N6O2. The molecule has 12 heteroatoms. The average Bonchev–Trinajstić information content (AvgIpc) is 2.71. The Morgan fingerprint density at radius 3 is 2.53 bits per heavy atom. The number of piperidine rings is 1. The van der Waals surface area contributed by atoms with Gasteiger partial charge in [-0.05, 0) is 37.5 Å². The number of amides is 2. The Kier molecular flexibility index (Phi) is 6.53. The quantitative estimate of drug-likeness (QED) is 0.710. The molecule has 1 aliphatic heterocycles. The molecule has 2 heterocycles. The predicted molar refractivity (Wildman–Crippen MR) is 99.7 cm³/mol. The van der Waals surface area contributed by atoms with E-state index in [9.17, 15) is 22.4 Å². The molecule has 30 heavy (non-hydrogen) atoms. The summed E-state index contributed by atoms with van der Waals surface area (Å²) in [7, 11) is 1.40. The van der Waals surface area contributed by atoms with Crippen LogP contribution in [0.1, 0.15) is 30.7 Å². The number of hydrogen-bond acceptors (Lipinski definition) is 6. The first kappa shape index (κ1) is 21.5. The zero-order chi connectivity index (χ0) is 21.7. The van der Waals surface area contributed by atoms with E-state index in [0.29, 0.717) is 18.1 Å². The van der Waals surface area contributed by atoms with Gasteiger partial charge < -0.3 is 20.3 Å². The van der Waals surface area contributed by atoms with Gasteiger partial charge in [-0.3, -0.25) is 0 Å². The Hall–Kier alpha value is -3.18. The summed E-state index contributed by atoms with van der Waals surface area (Å²) in [4.78, 5) is 26.6. The monoisotopic (exact) mass is 428 g/mol. The van der Waals surface area contributed by atoms with E-state index >= 15 is 0 Å². The third kappa shape index (κ3) is 5.67. The second-order valence-corrected chi connectivity index (χ2v) is 6.62. The van der Waals surface area contributed by atoms with E-state index in [1.165, 1.54) is 7.11 Å². The van der Waals surface area contributed by atoms with Gasteiger partial charge in [-0.2, -0.15) is 28.1 Å². The van der Waals surface area contributed by atoms with E-state index in [2.05, 4.69) is 25.6 Å². The summed E-state index contributed by atoms with van der Waals surface area (Å²) in [5, 5.41) is 4.60. The summed E-state index contributed by atoms with van der Waals surface area (Å²) in [6, 6.07) is 1.02. The van der Waals surface area contributed by atoms with Gasteiger partial charge in [0, 0.05) is 18.8 Å². The van der Waals surface area contributed by atoms with Crippen molar-refractivity contribution in [3.8, 4) is 6.01 Å². The van der Waals surface area contributed by atoms with Crippen molar-refractivity contribution in [2.24, 2.45) is 0 Å². The van der Waals surface area contributed by atoms with Crippen LogP contribution < -0.4 is 20.3 Å². The summed E-state index contributed by atoms with van der Waals surface area (Å²) >= 11 is 0. The maximum atomic E-state index is 13.4. The molecular weight excluding hydrogens is 408 g/mol. The number of benzene rings is 1. The van der Waals surface area contributed by atoms with E-state index in [4.69, 9.17) is 4.74 Å². The number of urea groups is 1. The number of nitrogens with one attached hydrogen (secondary N) is 2. The van der Waals surface area contributed by atoms with Crippen LogP contribution in [0.2, 0.25) is 0 Å². The highest BCUT2D eigenvalue weighted by Gasteiger charge is 2.31. The molecule has 0 radical (unpaired) electrons. The molecule has 2 aromatic rings. The standard InChI is InChI=1S/C18H20F4N6O2/c1-30-17-26-14(25-15(27-17)28-5-3-2-4-6-28)10-23-16(29)24-13-8-11(18(20,21)22)7-12(19)9-13/h7-9H,2-6,10H2,1H3,(H2,23,24,29). The van der Waals surface area contributed by atoms with Crippen molar-refractivity contribution < 1.29 is 27.1 Å². The van der Waals surface area contributed by atoms with Crippen molar-refractivity contribution in [3.63, 3.8) is 0 Å². The number of nitrogens with zero attached hydrogens (tertiary/aromatic N) is 4. The number of alkyl halides is 3. The molecule has 0 saturated carbocycles. The lowest BCUT2D eigenvalue weighted by atomic mass is 10.1. The van der Waals surface area contributed by atoms with Crippen LogP contribution in [-0.2, 0) is 12.7 Å². The minimum atomic E-state index is -4.73. The Morgan fingerprint density at radius 2 is 1.87 bits per heavy atom. The molecule has 1 aromatic carbocycles. The molecule has 162 valence electrons. The predicted octanol–water partition coefficient (Wildman–Crippen LogP) is 3.35. The van der Waals surface area contributed by atoms with Gasteiger partial charge in [0.05, 0.1) is 19.2 Å². The van der Waals surface area contributed by atoms with Crippen LogP contribution in [0.4, 0.5) is 34.0 Å². The summed E-state index contributed by atoms with van der Waals surface area (Å²) < 4.78 is 56.9. The van der Waals surface area contributed by atoms with Crippen molar-refractivity contribution in [1.29, 1.82) is 0 Å². The maximum Gasteiger partial charge on any atom is 0.416 e. The van der Waals surface area contributed by atoms with Gasteiger partial charge in [-0.25, -0.2) is 9.18 Å². The van der Waals surface area contributed by atoms with E-state index in [-0.39, 0.29) is 24.1 Å². The van der Waals surface area contributed by atoms with E-state index in [0.717, 1.165) is 38.4 Å². The van der Waals surface area contributed by atoms with E-state index < -0.39 is 23.6 Å². The van der Waals surface area contributed by atoms with Crippen molar-refractivity contribution >= 4 is 17.7 Å². The van der Waals surface area contributed by atoms with Crippen LogP contribution in [0, 0.1) is 5.82 Å². The first-order chi connectivity index (χ1) is 14.2. The van der Waals surface area contributed by atoms with Gasteiger partial charge in [0.15, 0.2) is 5.82 Å². The number of aromatic nitrogens is 3. The molecule has 3 rings (SSSR count). The van der Waals surface area contributed by atoms with Gasteiger partial charge in [0.1, 0.15) is 5.82 Å². The van der Waals surface area contributed by atoms with Gasteiger partial charge in [-0.15, -0.1) is 0 Å². The van der Waals surface area contributed by atoms with Crippen molar-refractivity contribution in [2.75, 3.05) is 30.4 Å². The summed E-state index contributed by atoms with van der Waals surface area (Å²) in [5.41, 5.74) is -1.53. The van der Waals surface area contributed by atoms with Crippen LogP contribution in [0.3, 0.4) is 0 Å². The fraction of sp³-hybridized carbons (Fsp3) is 0.444. The Bertz CT molecular complexity index is 903. The summed E-state index contributed by atoms with van der Waals surface area (Å²) in [6.45, 7) is 1.45. The smallest absolute Gasteiger partial charge is 0.416 e. The second-order valence-electron chi connectivity index (χ2n) is 6.62. The van der Waals surface area contributed by atoms with Crippen LogP contribution in [-0.4, -0.2) is 41.2 Å². The molecule has 2 N–H and O–H groups in total. The number of methoxy groups -OCH3 is 1. The number of anilines is 2. The van der Waals surface area contributed by atoms with Gasteiger partial charge >= 0.3 is 18.2 Å². The SMILES string of the molecule is COc1nc(CNC(=O)Nc2cc(F)cc(C(F)(F)F)c2)nc(N2CCCCC2)n1. The first-order valence-electron chi connectivity index (χ1n) is 9.21. The third-order valence-corrected chi connectivity index (χ3v) is 4.36. The van der Waals surface area contributed by atoms with Crippen LogP contribution in [0.15, 0.2) is 18.2 Å². The molecule has 0 aliphatic carbocycles. The zero-order valence-corrected chi connectivity index (χ0v) is 16.1. The van der Waals surface area contributed by atoms with Crippen LogP contribution >= 0.6 is 0 Å². The fourth-order valence-electron chi connectivity index (χ4n) is 2.95. The molecule has 1 aromatic heterocycles. The minimum absolute atomic E-state index is 0.0859. The van der Waals surface area contributed by atoms with Gasteiger partial charge in [-0.1, -0.05) is 0 Å². The van der Waals surface area contributed by atoms with Gasteiger partial charge in [0.25, 0.3) is 0 Å². The third-order valence-electron chi connectivity index (χ3n) is 4.36. The maximum absolute atomic E-state index is 13.4. The van der Waals surface area contributed by atoms with Crippen LogP contribution in [0.25, 0.3) is 0 Å². The number of ether oxygens (including phenoxy) is 1. The lowest BCUT2D eigenvalue weighted by Gasteiger charge is -2.26. The van der Waals surface area contributed by atoms with E-state index in [1.807, 2.05) is 4.90 Å². The molecule has 1 saturated heterocycles. The number of carbonyl (C=O) groups is 1. The Labute approximate surface area is 169 Å². The molecule has 8 nitrogen and oxygen atoms in total. The molecule has 1 aliphatic rings. The topological polar surface area (TPSA) is 92.3 Å². The number of rotatable bonds is 5. The zero-order valence-electron chi connectivity index (χ0n) is 16.1. The molecule has 0 spiro atoms. The number of hydrogen-bond donors (Lipinski definition) is 2. The number of carbonyl (C=O) groups excluding carboxylic acids is 1. The van der Waals surface area contributed by atoms with Crippen molar-refractivity contribution in [3.05, 3.63) is 35.4 Å². The Balaban J connectivity index is 1.66. The minimum Gasteiger partial charge on any atom is -0.467 e. The largest absolute Gasteiger partial charge is 0.467 e. The highest BCUT2D eigenvalue weighted by atomic mass is 19.4. The second kappa shape index (κ2) is 9.09. The Morgan fingerprint density at radius 1 is 1.13 bits per heavy atom. The lowest BCUT2D eigenvalue weighted by Crippen LogP contribution is -2.32. The van der Waals surface area contributed by atoms with Crippen molar-refractivity contribution in [1.82, 2.24) is 20.3 Å². The average molecular weight is 428 g/mol. The number of halogens is 4. The highest BCUT2D eigenvalue weighted by molar-refractivity contribution is 5.89. The molecule has 2 amide bonds.